The van der Waals surface area contributed by atoms with Crippen LogP contribution < -0.4 is 4.74 Å². The molecule has 0 aliphatic heterocycles. The van der Waals surface area contributed by atoms with E-state index in [1.165, 1.54) is 6.07 Å². The van der Waals surface area contributed by atoms with Crippen molar-refractivity contribution in [2.24, 2.45) is 0 Å². The van der Waals surface area contributed by atoms with Crippen molar-refractivity contribution in [1.82, 2.24) is 19.5 Å². The molecule has 3 heterocycles. The first-order valence-electron chi connectivity index (χ1n) is 8.26. The zero-order chi connectivity index (χ0) is 19.0. The molecule has 0 saturated carbocycles. The van der Waals surface area contributed by atoms with E-state index in [-0.39, 0.29) is 5.82 Å². The zero-order valence-electron chi connectivity index (χ0n) is 14.8. The van der Waals surface area contributed by atoms with Gasteiger partial charge in [0, 0.05) is 30.0 Å². The van der Waals surface area contributed by atoms with E-state index in [0.29, 0.717) is 29.6 Å². The van der Waals surface area contributed by atoms with Gasteiger partial charge in [0.25, 0.3) is 0 Å². The molecule has 0 fully saturated rings. The number of thiol groups is 1. The van der Waals surface area contributed by atoms with E-state index >= 15 is 0 Å². The van der Waals surface area contributed by atoms with Crippen molar-refractivity contribution in [2.45, 2.75) is 18.0 Å². The number of pyridine rings is 2. The number of hydrogen-bond acceptors (Lipinski definition) is 6. The maximum atomic E-state index is 13.9. The Kier molecular flexibility index (Phi) is 4.67. The summed E-state index contributed by atoms with van der Waals surface area (Å²) in [6, 6.07) is 8.66. The Hall–Kier alpha value is -2.71. The van der Waals surface area contributed by atoms with Crippen LogP contribution in [0.4, 0.5) is 4.39 Å². The number of nitrogens with zero attached hydrogens (tertiary/aromatic N) is 4. The lowest BCUT2D eigenvalue weighted by Crippen LogP contribution is -2.07. The van der Waals surface area contributed by atoms with Gasteiger partial charge in [-0.05, 0) is 23.8 Å². The Labute approximate surface area is 160 Å². The zero-order valence-corrected chi connectivity index (χ0v) is 15.7. The lowest BCUT2D eigenvalue weighted by molar-refractivity contribution is 0.175. The summed E-state index contributed by atoms with van der Waals surface area (Å²) in [5.74, 6) is 0.864. The topological polar surface area (TPSA) is 62.1 Å². The minimum Gasteiger partial charge on any atom is -0.481 e. The number of ether oxygens (including phenoxy) is 2. The first kappa shape index (κ1) is 17.7. The Morgan fingerprint density at radius 1 is 1.15 bits per heavy atom. The molecular weight excluding hydrogens is 367 g/mol. The average Bonchev–Trinajstić information content (AvgIpc) is 3.02. The largest absolute Gasteiger partial charge is 0.481 e. The predicted molar refractivity (Wildman–Crippen MR) is 103 cm³/mol. The molecule has 4 rings (SSSR count). The number of aromatic nitrogens is 4. The van der Waals surface area contributed by atoms with Gasteiger partial charge in [0.15, 0.2) is 5.65 Å². The predicted octanol–water partition coefficient (Wildman–Crippen LogP) is 3.61. The molecule has 138 valence electrons. The third kappa shape index (κ3) is 3.22. The molecule has 0 saturated heterocycles. The maximum absolute atomic E-state index is 13.9. The second-order valence-corrected chi connectivity index (χ2v) is 6.53. The highest BCUT2D eigenvalue weighted by Crippen LogP contribution is 2.27. The smallest absolute Gasteiger partial charge is 0.215 e. The summed E-state index contributed by atoms with van der Waals surface area (Å²) in [6.45, 7) is 0.762. The van der Waals surface area contributed by atoms with Crippen LogP contribution in [0, 0.1) is 5.82 Å². The van der Waals surface area contributed by atoms with E-state index in [1.54, 1.807) is 32.5 Å². The minimum atomic E-state index is -0.355. The first-order valence-corrected chi connectivity index (χ1v) is 8.70. The summed E-state index contributed by atoms with van der Waals surface area (Å²) in [5, 5.41) is 0.842. The van der Waals surface area contributed by atoms with E-state index in [9.17, 15) is 4.39 Å². The summed E-state index contributed by atoms with van der Waals surface area (Å²) >= 11 is 4.10. The molecule has 0 atom stereocenters. The van der Waals surface area contributed by atoms with Gasteiger partial charge in [0.05, 0.1) is 18.8 Å². The first-order chi connectivity index (χ1) is 13.1. The van der Waals surface area contributed by atoms with Crippen LogP contribution in [0.15, 0.2) is 41.4 Å². The lowest BCUT2D eigenvalue weighted by atomic mass is 10.2. The van der Waals surface area contributed by atoms with E-state index in [1.807, 2.05) is 16.7 Å². The average molecular weight is 384 g/mol. The highest BCUT2D eigenvalue weighted by atomic mass is 32.1. The fourth-order valence-electron chi connectivity index (χ4n) is 3.08. The highest BCUT2D eigenvalue weighted by Gasteiger charge is 2.16. The van der Waals surface area contributed by atoms with E-state index < -0.39 is 0 Å². The van der Waals surface area contributed by atoms with Crippen molar-refractivity contribution < 1.29 is 13.9 Å². The monoisotopic (exact) mass is 384 g/mol. The van der Waals surface area contributed by atoms with Crippen LogP contribution in [-0.2, 0) is 17.9 Å². The van der Waals surface area contributed by atoms with Gasteiger partial charge in [-0.25, -0.2) is 14.4 Å². The van der Waals surface area contributed by atoms with Gasteiger partial charge >= 0.3 is 0 Å². The number of fused-ring (bicyclic) bond motifs is 3. The van der Waals surface area contributed by atoms with Crippen LogP contribution in [0.25, 0.3) is 22.1 Å². The molecule has 0 aliphatic rings. The molecule has 0 unspecified atom stereocenters. The molecule has 0 spiro atoms. The number of halogens is 1. The molecule has 6 nitrogen and oxygen atoms in total. The Balaban J connectivity index is 1.93. The van der Waals surface area contributed by atoms with Crippen molar-refractivity contribution in [3.63, 3.8) is 0 Å². The van der Waals surface area contributed by atoms with Gasteiger partial charge in [0.2, 0.25) is 5.88 Å². The molecule has 1 aromatic carbocycles. The molecule has 0 bridgehead atoms. The van der Waals surface area contributed by atoms with Crippen LogP contribution in [0.3, 0.4) is 0 Å². The maximum Gasteiger partial charge on any atom is 0.215 e. The Bertz CT molecular complexity index is 1150. The number of hydrogen-bond donors (Lipinski definition) is 1. The fraction of sp³-hybridized carbons (Fsp3) is 0.211. The second-order valence-electron chi connectivity index (χ2n) is 6.05. The summed E-state index contributed by atoms with van der Waals surface area (Å²) in [5.41, 5.74) is 2.96. The normalized spacial score (nSPS) is 11.4. The SMILES string of the molecule is COCc1nc2cnc3nc(OC)ccc3c2n1Cc1ccc(S)c(F)c1. The van der Waals surface area contributed by atoms with Crippen molar-refractivity contribution in [3.05, 3.63) is 53.7 Å². The quantitative estimate of drug-likeness (QED) is 0.533. The van der Waals surface area contributed by atoms with Crippen LogP contribution in [0.2, 0.25) is 0 Å². The van der Waals surface area contributed by atoms with Gasteiger partial charge < -0.3 is 14.0 Å². The van der Waals surface area contributed by atoms with Gasteiger partial charge in [-0.2, -0.15) is 4.98 Å². The van der Waals surface area contributed by atoms with Crippen LogP contribution in [0.1, 0.15) is 11.4 Å². The summed E-state index contributed by atoms with van der Waals surface area (Å²) in [4.78, 5) is 13.7. The van der Waals surface area contributed by atoms with E-state index in [4.69, 9.17) is 9.47 Å². The number of methoxy groups -OCH3 is 2. The van der Waals surface area contributed by atoms with Crippen LogP contribution in [0.5, 0.6) is 5.88 Å². The molecular formula is C19H17FN4O2S. The Morgan fingerprint density at radius 2 is 2.00 bits per heavy atom. The number of rotatable bonds is 5. The Morgan fingerprint density at radius 3 is 2.74 bits per heavy atom. The van der Waals surface area contributed by atoms with Gasteiger partial charge in [-0.1, -0.05) is 6.07 Å². The standard InChI is InChI=1S/C19H17FN4O2S/c1-25-10-16-22-14-8-21-19-12(4-6-17(23-19)26-2)18(14)24(16)9-11-3-5-15(27)13(20)7-11/h3-8,27H,9-10H2,1-2H3. The molecule has 0 amide bonds. The third-order valence-corrected chi connectivity index (χ3v) is 4.69. The van der Waals surface area contributed by atoms with Gasteiger partial charge in [-0.15, -0.1) is 12.6 Å². The van der Waals surface area contributed by atoms with Crippen molar-refractivity contribution in [1.29, 1.82) is 0 Å². The second kappa shape index (κ2) is 7.13. The summed E-state index contributed by atoms with van der Waals surface area (Å²) in [6.07, 6.45) is 1.68. The van der Waals surface area contributed by atoms with Crippen LogP contribution in [-0.4, -0.2) is 33.7 Å². The van der Waals surface area contributed by atoms with Crippen molar-refractivity contribution in [3.8, 4) is 5.88 Å². The summed E-state index contributed by atoms with van der Waals surface area (Å²) in [7, 11) is 3.18. The molecule has 27 heavy (non-hydrogen) atoms. The van der Waals surface area contributed by atoms with E-state index in [2.05, 4.69) is 27.6 Å². The molecule has 0 N–H and O–H groups in total. The fourth-order valence-corrected chi connectivity index (χ4v) is 3.22. The number of benzene rings is 1. The van der Waals surface area contributed by atoms with E-state index in [0.717, 1.165) is 27.8 Å². The highest BCUT2D eigenvalue weighted by molar-refractivity contribution is 7.80. The number of imidazole rings is 1. The van der Waals surface area contributed by atoms with Crippen molar-refractivity contribution in [2.75, 3.05) is 14.2 Å². The van der Waals surface area contributed by atoms with Crippen molar-refractivity contribution >= 4 is 34.7 Å². The minimum absolute atomic E-state index is 0.317. The molecule has 0 radical (unpaired) electrons. The molecule has 3 aromatic heterocycles. The van der Waals surface area contributed by atoms with Gasteiger partial charge in [-0.3, -0.25) is 0 Å². The third-order valence-electron chi connectivity index (χ3n) is 4.32. The molecule has 4 aromatic rings. The van der Waals surface area contributed by atoms with Crippen LogP contribution >= 0.6 is 12.6 Å². The molecule has 8 heteroatoms. The summed E-state index contributed by atoms with van der Waals surface area (Å²) < 4.78 is 26.4. The lowest BCUT2D eigenvalue weighted by Gasteiger charge is -2.11. The molecule has 0 aliphatic carbocycles. The van der Waals surface area contributed by atoms with Gasteiger partial charge in [0.1, 0.15) is 23.8 Å².